The van der Waals surface area contributed by atoms with Gasteiger partial charge in [0.15, 0.2) is 0 Å². The first kappa shape index (κ1) is 16.4. The van der Waals surface area contributed by atoms with Crippen molar-refractivity contribution >= 4 is 21.9 Å². The van der Waals surface area contributed by atoms with E-state index in [9.17, 15) is 18.0 Å². The van der Waals surface area contributed by atoms with E-state index in [0.29, 0.717) is 12.8 Å². The molecule has 3 N–H and O–H groups in total. The fourth-order valence-electron chi connectivity index (χ4n) is 1.96. The van der Waals surface area contributed by atoms with E-state index < -0.39 is 21.4 Å². The van der Waals surface area contributed by atoms with Crippen LogP contribution in [0.5, 0.6) is 0 Å². The monoisotopic (exact) mass is 326 g/mol. The van der Waals surface area contributed by atoms with E-state index in [1.165, 1.54) is 12.1 Å². The van der Waals surface area contributed by atoms with Crippen molar-refractivity contribution in [1.82, 2.24) is 10.0 Å². The summed E-state index contributed by atoms with van der Waals surface area (Å²) in [6, 6.07) is 7.87. The second-order valence-electron chi connectivity index (χ2n) is 5.32. The maximum atomic E-state index is 11.9. The number of aliphatic carboxylic acids is 1. The lowest BCUT2D eigenvalue weighted by atomic mass is 10.1. The lowest BCUT2D eigenvalue weighted by Gasteiger charge is -2.11. The number of benzene rings is 1. The molecule has 0 aliphatic heterocycles. The summed E-state index contributed by atoms with van der Waals surface area (Å²) in [5, 5.41) is 11.5. The van der Waals surface area contributed by atoms with Gasteiger partial charge in [0.25, 0.3) is 0 Å². The summed E-state index contributed by atoms with van der Waals surface area (Å²) in [5.41, 5.74) is -0.820. The Hall–Kier alpha value is -1.93. The summed E-state index contributed by atoms with van der Waals surface area (Å²) in [7, 11) is -3.62. The molecule has 1 aromatic carbocycles. The smallest absolute Gasteiger partial charge is 0.311 e. The molecule has 0 unspecified atom stereocenters. The van der Waals surface area contributed by atoms with Crippen molar-refractivity contribution in [3.8, 4) is 0 Å². The van der Waals surface area contributed by atoms with Crippen LogP contribution in [0.2, 0.25) is 0 Å². The minimum absolute atomic E-state index is 0.0386. The summed E-state index contributed by atoms with van der Waals surface area (Å²) < 4.78 is 26.2. The molecule has 0 bridgehead atoms. The molecular formula is C14H18N2O5S. The van der Waals surface area contributed by atoms with Crippen LogP contribution in [0.1, 0.15) is 19.3 Å². The first-order chi connectivity index (χ1) is 10.4. The Morgan fingerprint density at radius 3 is 2.36 bits per heavy atom. The van der Waals surface area contributed by atoms with E-state index in [0.717, 1.165) is 0 Å². The number of carbonyl (C=O) groups excluding carboxylic acids is 1. The van der Waals surface area contributed by atoms with E-state index >= 15 is 0 Å². The van der Waals surface area contributed by atoms with Gasteiger partial charge in [-0.3, -0.25) is 9.59 Å². The number of hydrogen-bond donors (Lipinski definition) is 3. The zero-order valence-electron chi connectivity index (χ0n) is 11.9. The average Bonchev–Trinajstić information content (AvgIpc) is 3.27. The highest BCUT2D eigenvalue weighted by atomic mass is 32.2. The summed E-state index contributed by atoms with van der Waals surface area (Å²) >= 11 is 0. The Kier molecular flexibility index (Phi) is 4.82. The Morgan fingerprint density at radius 2 is 1.82 bits per heavy atom. The minimum atomic E-state index is -3.62. The number of amides is 1. The molecular weight excluding hydrogens is 308 g/mol. The molecule has 1 aliphatic rings. The molecule has 1 amide bonds. The van der Waals surface area contributed by atoms with Gasteiger partial charge in [0.1, 0.15) is 0 Å². The molecule has 0 radical (unpaired) electrons. The van der Waals surface area contributed by atoms with Crippen LogP contribution >= 0.6 is 0 Å². The Bertz CT molecular complexity index is 653. The molecule has 1 aliphatic carbocycles. The van der Waals surface area contributed by atoms with Gasteiger partial charge in [-0.2, -0.15) is 0 Å². The van der Waals surface area contributed by atoms with Gasteiger partial charge in [-0.05, 0) is 25.0 Å². The van der Waals surface area contributed by atoms with Crippen molar-refractivity contribution in [3.05, 3.63) is 30.3 Å². The largest absolute Gasteiger partial charge is 0.481 e. The normalized spacial score (nSPS) is 16.0. The predicted octanol–water partition coefficient (Wildman–Crippen LogP) is 0.336. The van der Waals surface area contributed by atoms with Gasteiger partial charge in [0.2, 0.25) is 15.9 Å². The highest BCUT2D eigenvalue weighted by Gasteiger charge is 2.50. The quantitative estimate of drug-likeness (QED) is 0.637. The fourth-order valence-corrected chi connectivity index (χ4v) is 3.01. The van der Waals surface area contributed by atoms with Crippen LogP contribution in [0.4, 0.5) is 0 Å². The number of rotatable bonds is 8. The molecule has 120 valence electrons. The first-order valence-electron chi connectivity index (χ1n) is 6.91. The molecule has 1 fully saturated rings. The maximum Gasteiger partial charge on any atom is 0.311 e. The summed E-state index contributed by atoms with van der Waals surface area (Å²) in [5.74, 6) is -1.28. The van der Waals surface area contributed by atoms with Crippen LogP contribution in [0.25, 0.3) is 0 Å². The second-order valence-corrected chi connectivity index (χ2v) is 7.09. The Balaban J connectivity index is 1.74. The third-order valence-corrected chi connectivity index (χ3v) is 5.11. The van der Waals surface area contributed by atoms with Crippen LogP contribution in [0, 0.1) is 5.41 Å². The second kappa shape index (κ2) is 6.45. The standard InChI is InChI=1S/C14H18N2O5S/c17-12(15-10-14(7-8-14)13(18)19)6-9-16-22(20,21)11-4-2-1-3-5-11/h1-5,16H,6-10H2,(H,15,17)(H,18,19). The molecule has 0 spiro atoms. The maximum absolute atomic E-state index is 11.9. The first-order valence-corrected chi connectivity index (χ1v) is 8.39. The van der Waals surface area contributed by atoms with Gasteiger partial charge in [-0.15, -0.1) is 0 Å². The molecule has 1 aromatic rings. The summed E-state index contributed by atoms with van der Waals surface area (Å²) in [6.45, 7) is 0.0513. The Morgan fingerprint density at radius 1 is 1.18 bits per heavy atom. The minimum Gasteiger partial charge on any atom is -0.481 e. The third kappa shape index (κ3) is 4.05. The highest BCUT2D eigenvalue weighted by molar-refractivity contribution is 7.89. The molecule has 8 heteroatoms. The van der Waals surface area contributed by atoms with E-state index in [4.69, 9.17) is 5.11 Å². The molecule has 0 saturated heterocycles. The fraction of sp³-hybridized carbons (Fsp3) is 0.429. The van der Waals surface area contributed by atoms with Crippen LogP contribution in [-0.2, 0) is 19.6 Å². The Labute approximate surface area is 128 Å². The molecule has 0 atom stereocenters. The van der Waals surface area contributed by atoms with Gasteiger partial charge in [-0.25, -0.2) is 13.1 Å². The van der Waals surface area contributed by atoms with Crippen molar-refractivity contribution in [2.24, 2.45) is 5.41 Å². The van der Waals surface area contributed by atoms with Gasteiger partial charge in [0.05, 0.1) is 10.3 Å². The van der Waals surface area contributed by atoms with Gasteiger partial charge < -0.3 is 10.4 Å². The number of carboxylic acid groups (broad SMARTS) is 1. The molecule has 1 saturated carbocycles. The van der Waals surface area contributed by atoms with Crippen LogP contribution in [-0.4, -0.2) is 38.5 Å². The lowest BCUT2D eigenvalue weighted by molar-refractivity contribution is -0.143. The van der Waals surface area contributed by atoms with Crippen molar-refractivity contribution < 1.29 is 23.1 Å². The number of hydrogen-bond acceptors (Lipinski definition) is 4. The van der Waals surface area contributed by atoms with E-state index in [2.05, 4.69) is 10.0 Å². The molecule has 22 heavy (non-hydrogen) atoms. The van der Waals surface area contributed by atoms with Gasteiger partial charge in [0, 0.05) is 19.5 Å². The molecule has 7 nitrogen and oxygen atoms in total. The summed E-state index contributed by atoms with van der Waals surface area (Å²) in [4.78, 5) is 22.7. The van der Waals surface area contributed by atoms with E-state index in [1.807, 2.05) is 0 Å². The summed E-state index contributed by atoms with van der Waals surface area (Å²) in [6.07, 6.45) is 1.08. The molecule has 0 heterocycles. The van der Waals surface area contributed by atoms with Crippen molar-refractivity contribution in [3.63, 3.8) is 0 Å². The number of carbonyl (C=O) groups is 2. The van der Waals surface area contributed by atoms with E-state index in [1.54, 1.807) is 18.2 Å². The van der Waals surface area contributed by atoms with Gasteiger partial charge >= 0.3 is 5.97 Å². The SMILES string of the molecule is O=C(CCNS(=O)(=O)c1ccccc1)NCC1(C(=O)O)CC1. The number of nitrogens with one attached hydrogen (secondary N) is 2. The average molecular weight is 326 g/mol. The van der Waals surface area contributed by atoms with Crippen molar-refractivity contribution in [2.75, 3.05) is 13.1 Å². The van der Waals surface area contributed by atoms with Crippen LogP contribution < -0.4 is 10.0 Å². The van der Waals surface area contributed by atoms with Gasteiger partial charge in [-0.1, -0.05) is 18.2 Å². The third-order valence-electron chi connectivity index (χ3n) is 3.63. The number of sulfonamides is 1. The highest BCUT2D eigenvalue weighted by Crippen LogP contribution is 2.45. The van der Waals surface area contributed by atoms with Crippen LogP contribution in [0.3, 0.4) is 0 Å². The molecule has 0 aromatic heterocycles. The predicted molar refractivity (Wildman–Crippen MR) is 78.6 cm³/mol. The van der Waals surface area contributed by atoms with E-state index in [-0.39, 0.29) is 30.3 Å². The van der Waals surface area contributed by atoms with Crippen molar-refractivity contribution in [2.45, 2.75) is 24.2 Å². The zero-order valence-corrected chi connectivity index (χ0v) is 12.7. The van der Waals surface area contributed by atoms with Crippen molar-refractivity contribution in [1.29, 1.82) is 0 Å². The lowest BCUT2D eigenvalue weighted by Crippen LogP contribution is -2.36. The molecule has 2 rings (SSSR count). The number of carboxylic acids is 1. The zero-order chi connectivity index (χ0) is 16.2. The van der Waals surface area contributed by atoms with Crippen LogP contribution in [0.15, 0.2) is 35.2 Å². The topological polar surface area (TPSA) is 113 Å².